The summed E-state index contributed by atoms with van der Waals surface area (Å²) in [6, 6.07) is 4.83. The number of benzene rings is 1. The number of aromatic hydroxyl groups is 1. The number of aliphatic hydroxyl groups is 1. The number of fused-ring (bicyclic) bond motifs is 1. The first kappa shape index (κ1) is 21.9. The molecular weight excluding hydrogens is 443 g/mol. The maximum absolute atomic E-state index is 14.1. The second kappa shape index (κ2) is 8.47. The average molecular weight is 469 g/mol. The van der Waals surface area contributed by atoms with E-state index in [1.807, 2.05) is 31.6 Å². The van der Waals surface area contributed by atoms with E-state index in [4.69, 9.17) is 11.6 Å². The minimum absolute atomic E-state index is 0.0397. The predicted octanol–water partition coefficient (Wildman–Crippen LogP) is 5.86. The van der Waals surface area contributed by atoms with Crippen molar-refractivity contribution in [1.82, 2.24) is 19.7 Å². The third-order valence-electron chi connectivity index (χ3n) is 6.94. The highest BCUT2D eigenvalue weighted by atomic mass is 35.5. The summed E-state index contributed by atoms with van der Waals surface area (Å²) >= 11 is 6.21. The van der Waals surface area contributed by atoms with Crippen LogP contribution in [0, 0.1) is 12.7 Å². The average Bonchev–Trinajstić information content (AvgIpc) is 3.40. The summed E-state index contributed by atoms with van der Waals surface area (Å²) in [5.74, 6) is -0.952. The van der Waals surface area contributed by atoms with Crippen LogP contribution in [0.4, 0.5) is 4.39 Å². The van der Waals surface area contributed by atoms with Crippen LogP contribution in [0.3, 0.4) is 0 Å². The first-order chi connectivity index (χ1) is 15.8. The van der Waals surface area contributed by atoms with Gasteiger partial charge < -0.3 is 15.2 Å². The van der Waals surface area contributed by atoms with Crippen LogP contribution in [0.2, 0.25) is 5.02 Å². The number of phenols is 1. The van der Waals surface area contributed by atoms with Crippen molar-refractivity contribution < 1.29 is 14.6 Å². The molecule has 0 unspecified atom stereocenters. The van der Waals surface area contributed by atoms with Gasteiger partial charge in [0, 0.05) is 46.1 Å². The van der Waals surface area contributed by atoms with Crippen molar-refractivity contribution in [2.75, 3.05) is 0 Å². The Morgan fingerprint density at radius 3 is 2.73 bits per heavy atom. The summed E-state index contributed by atoms with van der Waals surface area (Å²) in [6.45, 7) is 3.94. The van der Waals surface area contributed by atoms with E-state index in [1.54, 1.807) is 0 Å². The Bertz CT molecular complexity index is 1320. The van der Waals surface area contributed by atoms with Gasteiger partial charge in [0.05, 0.1) is 23.4 Å². The molecule has 0 saturated heterocycles. The zero-order valence-corrected chi connectivity index (χ0v) is 19.3. The molecule has 0 amide bonds. The third kappa shape index (κ3) is 3.79. The highest BCUT2D eigenvalue weighted by molar-refractivity contribution is 6.31. The number of aliphatic hydroxyl groups excluding tert-OH is 1. The van der Waals surface area contributed by atoms with Crippen LogP contribution in [0.15, 0.2) is 36.8 Å². The Labute approximate surface area is 196 Å². The van der Waals surface area contributed by atoms with Crippen LogP contribution >= 0.6 is 11.6 Å². The molecule has 0 bridgehead atoms. The Kier molecular flexibility index (Phi) is 5.62. The molecule has 1 fully saturated rings. The molecule has 0 radical (unpaired) electrons. The number of nitrogens with zero attached hydrogens (tertiary/aromatic N) is 3. The number of rotatable bonds is 4. The maximum atomic E-state index is 14.1. The zero-order chi connectivity index (χ0) is 23.3. The predicted molar refractivity (Wildman–Crippen MR) is 126 cm³/mol. The van der Waals surface area contributed by atoms with Gasteiger partial charge in [-0.1, -0.05) is 18.5 Å². The van der Waals surface area contributed by atoms with Crippen molar-refractivity contribution in [3.8, 4) is 16.9 Å². The molecule has 8 heteroatoms. The van der Waals surface area contributed by atoms with E-state index in [2.05, 4.69) is 26.7 Å². The van der Waals surface area contributed by atoms with Crippen molar-refractivity contribution in [2.24, 2.45) is 0 Å². The van der Waals surface area contributed by atoms with Gasteiger partial charge >= 0.3 is 0 Å². The Balaban J connectivity index is 1.53. The molecule has 1 aromatic carbocycles. The van der Waals surface area contributed by atoms with Crippen molar-refractivity contribution in [3.05, 3.63) is 64.5 Å². The molecule has 6 nitrogen and oxygen atoms in total. The van der Waals surface area contributed by atoms with Crippen LogP contribution < -0.4 is 0 Å². The molecule has 172 valence electrons. The van der Waals surface area contributed by atoms with E-state index in [0.29, 0.717) is 17.3 Å². The molecule has 4 aromatic rings. The van der Waals surface area contributed by atoms with E-state index in [-0.39, 0.29) is 22.8 Å². The number of nitrogens with one attached hydrogen (secondary N) is 1. The highest BCUT2D eigenvalue weighted by Gasteiger charge is 2.25. The van der Waals surface area contributed by atoms with Gasteiger partial charge in [-0.25, -0.2) is 9.37 Å². The summed E-state index contributed by atoms with van der Waals surface area (Å²) in [5, 5.41) is 25.7. The fourth-order valence-electron chi connectivity index (χ4n) is 5.03. The van der Waals surface area contributed by atoms with E-state index in [0.717, 1.165) is 59.5 Å². The van der Waals surface area contributed by atoms with Gasteiger partial charge in [0.15, 0.2) is 0 Å². The van der Waals surface area contributed by atoms with Gasteiger partial charge in [-0.2, -0.15) is 5.10 Å². The second-order valence-corrected chi connectivity index (χ2v) is 9.31. The summed E-state index contributed by atoms with van der Waals surface area (Å²) < 4.78 is 16.2. The molecule has 1 aliphatic rings. The molecule has 5 rings (SSSR count). The van der Waals surface area contributed by atoms with Crippen molar-refractivity contribution in [1.29, 1.82) is 0 Å². The molecule has 1 saturated carbocycles. The topological polar surface area (TPSA) is 87.0 Å². The third-order valence-corrected chi connectivity index (χ3v) is 7.32. The number of hydrogen-bond donors (Lipinski definition) is 3. The summed E-state index contributed by atoms with van der Waals surface area (Å²) in [4.78, 5) is 7.77. The highest BCUT2D eigenvalue weighted by Crippen LogP contribution is 2.41. The van der Waals surface area contributed by atoms with Crippen LogP contribution in [-0.2, 0) is 0 Å². The molecular formula is C25H26ClFN4O2. The quantitative estimate of drug-likeness (QED) is 0.350. The van der Waals surface area contributed by atoms with Crippen LogP contribution in [0.1, 0.15) is 61.4 Å². The number of halogens is 2. The normalized spacial score (nSPS) is 19.8. The Morgan fingerprint density at radius 1 is 1.21 bits per heavy atom. The van der Waals surface area contributed by atoms with Crippen molar-refractivity contribution in [2.45, 2.75) is 57.6 Å². The first-order valence-electron chi connectivity index (χ1n) is 11.2. The lowest BCUT2D eigenvalue weighted by molar-refractivity contribution is 0.107. The number of aromatic amines is 1. The summed E-state index contributed by atoms with van der Waals surface area (Å²) in [7, 11) is 0. The van der Waals surface area contributed by atoms with E-state index in [9.17, 15) is 14.6 Å². The van der Waals surface area contributed by atoms with Crippen LogP contribution in [0.5, 0.6) is 5.75 Å². The maximum Gasteiger partial charge on any atom is 0.142 e. The van der Waals surface area contributed by atoms with Gasteiger partial charge in [-0.05, 0) is 56.4 Å². The molecule has 3 heterocycles. The largest absolute Gasteiger partial charge is 0.508 e. The summed E-state index contributed by atoms with van der Waals surface area (Å²) in [5.41, 5.74) is 4.93. The van der Waals surface area contributed by atoms with Crippen LogP contribution in [0.25, 0.3) is 22.2 Å². The molecule has 0 aliphatic heterocycles. The lowest BCUT2D eigenvalue weighted by Gasteiger charge is -2.26. The minimum atomic E-state index is -0.562. The van der Waals surface area contributed by atoms with Gasteiger partial charge in [0.1, 0.15) is 17.2 Å². The number of hydrogen-bond acceptors (Lipinski definition) is 4. The fourth-order valence-corrected chi connectivity index (χ4v) is 5.35. The standard InChI is InChI=1S/C25H26ClFN4O2/c1-13(23-22(33)8-7-21(27)24(23)26)19-11-29-25-18(19)9-15(10-28-25)20-12-30-31(14(20)2)16-3-5-17(32)6-4-16/h7-13,16-17,32-33H,3-6H2,1-2H3,(H,28,29)/t13-,16?,17?/m0/s1. The van der Waals surface area contributed by atoms with E-state index >= 15 is 0 Å². The molecule has 0 spiro atoms. The van der Waals surface area contributed by atoms with E-state index in [1.165, 1.54) is 6.07 Å². The number of aromatic nitrogens is 4. The minimum Gasteiger partial charge on any atom is -0.508 e. The van der Waals surface area contributed by atoms with Crippen molar-refractivity contribution >= 4 is 22.6 Å². The molecule has 1 atom stereocenters. The Morgan fingerprint density at radius 2 is 1.97 bits per heavy atom. The summed E-state index contributed by atoms with van der Waals surface area (Å²) in [6.07, 6.45) is 8.74. The van der Waals surface area contributed by atoms with Gasteiger partial charge in [0.2, 0.25) is 0 Å². The van der Waals surface area contributed by atoms with Crippen LogP contribution in [-0.4, -0.2) is 36.1 Å². The van der Waals surface area contributed by atoms with Crippen molar-refractivity contribution in [3.63, 3.8) is 0 Å². The van der Waals surface area contributed by atoms with E-state index < -0.39 is 5.82 Å². The molecule has 1 aliphatic carbocycles. The number of H-pyrrole nitrogens is 1. The van der Waals surface area contributed by atoms with Gasteiger partial charge in [0.25, 0.3) is 0 Å². The van der Waals surface area contributed by atoms with Gasteiger partial charge in [-0.3, -0.25) is 4.68 Å². The zero-order valence-electron chi connectivity index (χ0n) is 18.5. The SMILES string of the molecule is Cc1c(-c2cnc3[nH]cc([C@H](C)c4c(O)ccc(F)c4Cl)c3c2)cnn1C1CCC(O)CC1. The first-order valence-corrected chi connectivity index (χ1v) is 11.6. The lowest BCUT2D eigenvalue weighted by Crippen LogP contribution is -2.22. The lowest BCUT2D eigenvalue weighted by atomic mass is 9.91. The van der Waals surface area contributed by atoms with Gasteiger partial charge in [-0.15, -0.1) is 0 Å². The molecule has 3 N–H and O–H groups in total. The number of pyridine rings is 1. The second-order valence-electron chi connectivity index (χ2n) is 8.93. The number of phenolic OH excluding ortho intramolecular Hbond substituents is 1. The monoisotopic (exact) mass is 468 g/mol. The smallest absolute Gasteiger partial charge is 0.142 e. The molecule has 33 heavy (non-hydrogen) atoms. The fraction of sp³-hybridized carbons (Fsp3) is 0.360. The Hall–Kier alpha value is -2.90. The molecule has 3 aromatic heterocycles.